The van der Waals surface area contributed by atoms with E-state index in [0.29, 0.717) is 11.6 Å². The van der Waals surface area contributed by atoms with E-state index in [9.17, 15) is 0 Å². The zero-order chi connectivity index (χ0) is 8.97. The Balaban J connectivity index is 3.10. The van der Waals surface area contributed by atoms with Crippen molar-refractivity contribution < 1.29 is 9.47 Å². The zero-order valence-electron chi connectivity index (χ0n) is 7.20. The second-order valence-corrected chi connectivity index (χ2v) is 2.17. The van der Waals surface area contributed by atoms with Gasteiger partial charge < -0.3 is 9.47 Å². The van der Waals surface area contributed by atoms with Gasteiger partial charge in [-0.15, -0.1) is 0 Å². The molecule has 0 unspecified atom stereocenters. The van der Waals surface area contributed by atoms with E-state index in [0.717, 1.165) is 5.56 Å². The van der Waals surface area contributed by atoms with Crippen LogP contribution in [0.3, 0.4) is 0 Å². The molecule has 0 N–H and O–H groups in total. The molecule has 64 valence electrons. The van der Waals surface area contributed by atoms with Crippen LogP contribution < -0.4 is 9.47 Å². The van der Waals surface area contributed by atoms with Gasteiger partial charge in [0.25, 0.3) is 0 Å². The van der Waals surface area contributed by atoms with E-state index in [1.807, 2.05) is 0 Å². The van der Waals surface area contributed by atoms with Gasteiger partial charge in [0, 0.05) is 11.6 Å². The Hall–Kier alpha value is -1.51. The van der Waals surface area contributed by atoms with Crippen molar-refractivity contribution >= 4 is 6.08 Å². The predicted molar refractivity (Wildman–Crippen MR) is 47.4 cm³/mol. The average Bonchev–Trinajstić information content (AvgIpc) is 2.16. The minimum atomic E-state index is 0.561. The standard InChI is InChI=1S/C9H11NO2/c1-4-7-5-9(12-3)10-6-8(7)11-2/h4-6H,1H2,2-3H3. The molecule has 0 aliphatic rings. The third kappa shape index (κ3) is 1.56. The molecular weight excluding hydrogens is 154 g/mol. The maximum atomic E-state index is 5.05. The maximum Gasteiger partial charge on any atom is 0.213 e. The van der Waals surface area contributed by atoms with Gasteiger partial charge in [-0.2, -0.15) is 0 Å². The van der Waals surface area contributed by atoms with Crippen LogP contribution in [-0.2, 0) is 0 Å². The largest absolute Gasteiger partial charge is 0.495 e. The van der Waals surface area contributed by atoms with Crippen molar-refractivity contribution in [1.29, 1.82) is 0 Å². The molecule has 0 aliphatic heterocycles. The summed E-state index contributed by atoms with van der Waals surface area (Å²) in [6.07, 6.45) is 3.30. The fraction of sp³-hybridized carbons (Fsp3) is 0.222. The number of ether oxygens (including phenoxy) is 2. The molecule has 0 radical (unpaired) electrons. The van der Waals surface area contributed by atoms with Gasteiger partial charge in [0.05, 0.1) is 20.4 Å². The van der Waals surface area contributed by atoms with Crippen LogP contribution in [0.2, 0.25) is 0 Å². The summed E-state index contributed by atoms with van der Waals surface area (Å²) in [6, 6.07) is 1.77. The second-order valence-electron chi connectivity index (χ2n) is 2.17. The molecule has 0 atom stereocenters. The van der Waals surface area contributed by atoms with Crippen LogP contribution >= 0.6 is 0 Å². The molecule has 3 nitrogen and oxygen atoms in total. The first kappa shape index (κ1) is 8.59. The van der Waals surface area contributed by atoms with Crippen LogP contribution in [0.5, 0.6) is 11.6 Å². The molecule has 0 spiro atoms. The molecule has 0 saturated carbocycles. The molecule has 0 aliphatic carbocycles. The van der Waals surface area contributed by atoms with Crippen molar-refractivity contribution in [2.45, 2.75) is 0 Å². The fourth-order valence-electron chi connectivity index (χ4n) is 0.880. The summed E-state index contributed by atoms with van der Waals surface area (Å²) in [4.78, 5) is 3.98. The molecule has 1 heterocycles. The third-order valence-corrected chi connectivity index (χ3v) is 1.52. The Morgan fingerprint density at radius 1 is 1.42 bits per heavy atom. The van der Waals surface area contributed by atoms with Gasteiger partial charge in [0.2, 0.25) is 5.88 Å². The molecule has 0 fully saturated rings. The monoisotopic (exact) mass is 165 g/mol. The normalized spacial score (nSPS) is 9.17. The molecule has 0 saturated heterocycles. The highest BCUT2D eigenvalue weighted by molar-refractivity contribution is 5.56. The molecule has 0 aromatic carbocycles. The minimum Gasteiger partial charge on any atom is -0.495 e. The third-order valence-electron chi connectivity index (χ3n) is 1.52. The number of hydrogen-bond donors (Lipinski definition) is 0. The fourth-order valence-corrected chi connectivity index (χ4v) is 0.880. The van der Waals surface area contributed by atoms with Crippen molar-refractivity contribution in [3.63, 3.8) is 0 Å². The van der Waals surface area contributed by atoms with Crippen LogP contribution in [0.1, 0.15) is 5.56 Å². The van der Waals surface area contributed by atoms with E-state index < -0.39 is 0 Å². The number of nitrogens with zero attached hydrogens (tertiary/aromatic N) is 1. The lowest BCUT2D eigenvalue weighted by Crippen LogP contribution is -1.91. The van der Waals surface area contributed by atoms with Crippen molar-refractivity contribution in [2.24, 2.45) is 0 Å². The zero-order valence-corrected chi connectivity index (χ0v) is 7.20. The van der Waals surface area contributed by atoms with Gasteiger partial charge in [-0.1, -0.05) is 12.7 Å². The second kappa shape index (κ2) is 3.76. The first-order chi connectivity index (χ1) is 5.81. The summed E-state index contributed by atoms with van der Waals surface area (Å²) in [5.41, 5.74) is 0.879. The highest BCUT2D eigenvalue weighted by Gasteiger charge is 2.01. The first-order valence-electron chi connectivity index (χ1n) is 3.52. The Morgan fingerprint density at radius 3 is 2.67 bits per heavy atom. The summed E-state index contributed by atoms with van der Waals surface area (Å²) in [6.45, 7) is 3.65. The number of methoxy groups -OCH3 is 2. The van der Waals surface area contributed by atoms with Crippen molar-refractivity contribution in [2.75, 3.05) is 14.2 Å². The number of pyridine rings is 1. The summed E-state index contributed by atoms with van der Waals surface area (Å²) < 4.78 is 9.99. The van der Waals surface area contributed by atoms with Crippen LogP contribution in [-0.4, -0.2) is 19.2 Å². The lowest BCUT2D eigenvalue weighted by molar-refractivity contribution is 0.387. The van der Waals surface area contributed by atoms with E-state index in [4.69, 9.17) is 9.47 Å². The van der Waals surface area contributed by atoms with E-state index in [1.165, 1.54) is 0 Å². The number of rotatable bonds is 3. The summed E-state index contributed by atoms with van der Waals surface area (Å²) in [7, 11) is 3.16. The van der Waals surface area contributed by atoms with Crippen molar-refractivity contribution in [1.82, 2.24) is 4.98 Å². The van der Waals surface area contributed by atoms with Crippen LogP contribution in [0.4, 0.5) is 0 Å². The molecule has 0 bridgehead atoms. The molecule has 1 aromatic rings. The van der Waals surface area contributed by atoms with Crippen LogP contribution in [0, 0.1) is 0 Å². The highest BCUT2D eigenvalue weighted by atomic mass is 16.5. The lowest BCUT2D eigenvalue weighted by atomic mass is 10.2. The Labute approximate surface area is 71.6 Å². The molecule has 1 aromatic heterocycles. The predicted octanol–water partition coefficient (Wildman–Crippen LogP) is 1.74. The Bertz CT molecular complexity index is 284. The van der Waals surface area contributed by atoms with E-state index in [-0.39, 0.29) is 0 Å². The van der Waals surface area contributed by atoms with Gasteiger partial charge in [-0.3, -0.25) is 0 Å². The van der Waals surface area contributed by atoms with Gasteiger partial charge in [0.15, 0.2) is 0 Å². The van der Waals surface area contributed by atoms with Crippen LogP contribution in [0.15, 0.2) is 18.8 Å². The van der Waals surface area contributed by atoms with Gasteiger partial charge in [-0.25, -0.2) is 4.98 Å². The maximum absolute atomic E-state index is 5.05. The highest BCUT2D eigenvalue weighted by Crippen LogP contribution is 2.21. The lowest BCUT2D eigenvalue weighted by Gasteiger charge is -2.05. The minimum absolute atomic E-state index is 0.561. The first-order valence-corrected chi connectivity index (χ1v) is 3.52. The van der Waals surface area contributed by atoms with E-state index in [2.05, 4.69) is 11.6 Å². The molecule has 12 heavy (non-hydrogen) atoms. The number of aromatic nitrogens is 1. The summed E-state index contributed by atoms with van der Waals surface area (Å²) in [5.74, 6) is 1.26. The van der Waals surface area contributed by atoms with Crippen molar-refractivity contribution in [3.05, 3.63) is 24.4 Å². The van der Waals surface area contributed by atoms with Crippen LogP contribution in [0.25, 0.3) is 6.08 Å². The summed E-state index contributed by atoms with van der Waals surface area (Å²) >= 11 is 0. The summed E-state index contributed by atoms with van der Waals surface area (Å²) in [5, 5.41) is 0. The quantitative estimate of drug-likeness (QED) is 0.683. The van der Waals surface area contributed by atoms with Gasteiger partial charge in [0.1, 0.15) is 5.75 Å². The average molecular weight is 165 g/mol. The Kier molecular flexibility index (Phi) is 2.69. The molecule has 1 rings (SSSR count). The Morgan fingerprint density at radius 2 is 2.17 bits per heavy atom. The van der Waals surface area contributed by atoms with Gasteiger partial charge in [-0.05, 0) is 0 Å². The number of hydrogen-bond acceptors (Lipinski definition) is 3. The smallest absolute Gasteiger partial charge is 0.213 e. The van der Waals surface area contributed by atoms with E-state index in [1.54, 1.807) is 32.6 Å². The molecular formula is C9H11NO2. The molecule has 3 heteroatoms. The van der Waals surface area contributed by atoms with Gasteiger partial charge >= 0.3 is 0 Å². The van der Waals surface area contributed by atoms with E-state index >= 15 is 0 Å². The molecule has 0 amide bonds. The van der Waals surface area contributed by atoms with Crippen molar-refractivity contribution in [3.8, 4) is 11.6 Å². The topological polar surface area (TPSA) is 31.4 Å². The SMILES string of the molecule is C=Cc1cc(OC)ncc1OC.